The van der Waals surface area contributed by atoms with E-state index < -0.39 is 51.3 Å². The topological polar surface area (TPSA) is 130 Å². The van der Waals surface area contributed by atoms with Crippen LogP contribution in [0.1, 0.15) is 62.1 Å². The van der Waals surface area contributed by atoms with E-state index in [1.807, 2.05) is 12.2 Å². The summed E-state index contributed by atoms with van der Waals surface area (Å²) >= 11 is 0. The Hall–Kier alpha value is -3.19. The Morgan fingerprint density at radius 1 is 1.08 bits per heavy atom. The summed E-state index contributed by atoms with van der Waals surface area (Å²) in [7, 11) is -4.08. The van der Waals surface area contributed by atoms with Crippen molar-refractivity contribution in [3.63, 3.8) is 0 Å². The van der Waals surface area contributed by atoms with Gasteiger partial charge in [-0.1, -0.05) is 19.1 Å². The Morgan fingerprint density at radius 3 is 2.31 bits per heavy atom. The number of carbonyl (C=O) groups excluding carboxylic acids is 2. The molecule has 2 amide bonds. The van der Waals surface area contributed by atoms with Crippen LogP contribution in [0.2, 0.25) is 0 Å². The second kappa shape index (κ2) is 10.8. The number of hydrogen-bond donors (Lipinski definition) is 4. The number of alkyl halides is 3. The molecule has 1 heterocycles. The van der Waals surface area contributed by atoms with Gasteiger partial charge in [-0.05, 0) is 79.5 Å². The number of amides is 2. The van der Waals surface area contributed by atoms with E-state index in [0.29, 0.717) is 37.9 Å². The molecule has 212 valence electrons. The minimum Gasteiger partial charge on any atom is -0.385 e. The molecule has 2 aromatic carbocycles. The molecule has 4 rings (SSSR count). The molecule has 8 nitrogen and oxygen atoms in total. The zero-order chi connectivity index (χ0) is 28.6. The molecule has 1 unspecified atom stereocenters. The van der Waals surface area contributed by atoms with Crippen molar-refractivity contribution in [2.45, 2.75) is 68.1 Å². The fourth-order valence-electron chi connectivity index (χ4n) is 5.56. The lowest BCUT2D eigenvalue weighted by atomic mass is 9.63. The molecule has 5 N–H and O–H groups in total. The number of halogens is 4. The highest BCUT2D eigenvalue weighted by atomic mass is 32.2. The van der Waals surface area contributed by atoms with Crippen LogP contribution >= 0.6 is 0 Å². The van der Waals surface area contributed by atoms with Crippen molar-refractivity contribution in [1.29, 1.82) is 0 Å². The van der Waals surface area contributed by atoms with Crippen molar-refractivity contribution in [3.05, 3.63) is 59.4 Å². The van der Waals surface area contributed by atoms with Gasteiger partial charge < -0.3 is 16.4 Å². The average molecular weight is 571 g/mol. The molecule has 0 saturated heterocycles. The van der Waals surface area contributed by atoms with E-state index in [-0.39, 0.29) is 22.8 Å². The first-order valence-corrected chi connectivity index (χ1v) is 14.0. The van der Waals surface area contributed by atoms with E-state index in [9.17, 15) is 35.6 Å². The normalized spacial score (nSPS) is 24.2. The number of benzene rings is 2. The highest BCUT2D eigenvalue weighted by Gasteiger charge is 2.46. The Balaban J connectivity index is 1.49. The van der Waals surface area contributed by atoms with Crippen LogP contribution in [-0.4, -0.2) is 39.0 Å². The molecule has 2 aliphatic rings. The van der Waals surface area contributed by atoms with Crippen molar-refractivity contribution in [2.24, 2.45) is 11.1 Å². The first-order chi connectivity index (χ1) is 18.2. The van der Waals surface area contributed by atoms with Gasteiger partial charge in [0.25, 0.3) is 0 Å². The maximum Gasteiger partial charge on any atom is 0.471 e. The third kappa shape index (κ3) is 6.03. The number of fused-ring (bicyclic) bond motifs is 1. The van der Waals surface area contributed by atoms with E-state index in [4.69, 9.17) is 5.73 Å². The van der Waals surface area contributed by atoms with Gasteiger partial charge in [0, 0.05) is 18.3 Å². The third-order valence-corrected chi connectivity index (χ3v) is 9.43. The van der Waals surface area contributed by atoms with Crippen LogP contribution in [0.3, 0.4) is 0 Å². The molecule has 0 bridgehead atoms. The summed E-state index contributed by atoms with van der Waals surface area (Å²) in [5, 5.41) is 4.94. The average Bonchev–Trinajstić information content (AvgIpc) is 2.88. The lowest BCUT2D eigenvalue weighted by Gasteiger charge is -2.42. The lowest BCUT2D eigenvalue weighted by molar-refractivity contribution is -0.174. The van der Waals surface area contributed by atoms with Crippen LogP contribution in [0.4, 0.5) is 23.2 Å². The van der Waals surface area contributed by atoms with Gasteiger partial charge in [0.15, 0.2) is 0 Å². The molecule has 1 fully saturated rings. The van der Waals surface area contributed by atoms with Gasteiger partial charge in [0.2, 0.25) is 15.9 Å². The molecule has 1 saturated carbocycles. The predicted octanol–water partition coefficient (Wildman–Crippen LogP) is 3.86. The molecule has 2 aromatic rings. The number of nitrogens with one attached hydrogen (secondary N) is 3. The van der Waals surface area contributed by atoms with Crippen molar-refractivity contribution in [3.8, 4) is 0 Å². The lowest BCUT2D eigenvalue weighted by Crippen LogP contribution is -2.48. The maximum absolute atomic E-state index is 13.4. The molecule has 13 heteroatoms. The summed E-state index contributed by atoms with van der Waals surface area (Å²) in [4.78, 5) is 23.9. The predicted molar refractivity (Wildman–Crippen MR) is 136 cm³/mol. The minimum atomic E-state index is -5.06. The molecular weight excluding hydrogens is 540 g/mol. The van der Waals surface area contributed by atoms with Crippen molar-refractivity contribution >= 4 is 27.5 Å². The Labute approximate surface area is 223 Å². The van der Waals surface area contributed by atoms with Crippen LogP contribution in [0.15, 0.2) is 47.4 Å². The smallest absolute Gasteiger partial charge is 0.385 e. The van der Waals surface area contributed by atoms with Gasteiger partial charge >= 0.3 is 12.1 Å². The fraction of sp³-hybridized carbons (Fsp3) is 0.462. The first-order valence-electron chi connectivity index (χ1n) is 12.6. The van der Waals surface area contributed by atoms with Crippen LogP contribution in [0.25, 0.3) is 0 Å². The van der Waals surface area contributed by atoms with E-state index in [0.717, 1.165) is 5.56 Å². The Morgan fingerprint density at radius 2 is 1.72 bits per heavy atom. The van der Waals surface area contributed by atoms with Gasteiger partial charge in [-0.2, -0.15) is 13.2 Å². The molecular formula is C26H30F4N4O4S. The monoisotopic (exact) mass is 570 g/mol. The van der Waals surface area contributed by atoms with E-state index >= 15 is 0 Å². The first kappa shape index (κ1) is 28.8. The molecule has 0 spiro atoms. The summed E-state index contributed by atoms with van der Waals surface area (Å²) in [6.07, 6.45) is -3.64. The van der Waals surface area contributed by atoms with Crippen LogP contribution < -0.4 is 21.1 Å². The van der Waals surface area contributed by atoms with Gasteiger partial charge in [0.05, 0.1) is 16.4 Å². The fourth-order valence-corrected chi connectivity index (χ4v) is 6.90. The number of carbonyl (C=O) groups is 2. The summed E-state index contributed by atoms with van der Waals surface area (Å²) < 4.78 is 80.9. The van der Waals surface area contributed by atoms with Crippen LogP contribution in [0, 0.1) is 11.2 Å². The summed E-state index contributed by atoms with van der Waals surface area (Å²) in [5.74, 6) is -3.31. The number of sulfonamides is 1. The Bertz CT molecular complexity index is 1340. The van der Waals surface area contributed by atoms with Crippen molar-refractivity contribution in [1.82, 2.24) is 10.0 Å². The van der Waals surface area contributed by atoms with Gasteiger partial charge in [-0.3, -0.25) is 9.59 Å². The standard InChI is InChI=1S/C26H30F4N4O4S/c1-15(16-2-4-17(27)5-3-16)25(23(31)35)11-8-18(9-12-25)34-39(37,38)19-6-7-21-20(14-19)22(10-13-32-21)33-24(36)26(28,29)30/h2-7,14-15,18,22,32,34H,8-13H2,1H3,(H2,31,35)(H,33,36)/t15-,18?,22?,25?/m1/s1. The Kier molecular flexibility index (Phi) is 7.95. The zero-order valence-corrected chi connectivity index (χ0v) is 22.0. The van der Waals surface area contributed by atoms with Crippen molar-refractivity contribution in [2.75, 3.05) is 11.9 Å². The maximum atomic E-state index is 13.4. The van der Waals surface area contributed by atoms with Gasteiger partial charge in [0.1, 0.15) is 5.82 Å². The van der Waals surface area contributed by atoms with Crippen molar-refractivity contribution < 1.29 is 35.6 Å². The molecule has 39 heavy (non-hydrogen) atoms. The molecule has 0 radical (unpaired) electrons. The van der Waals surface area contributed by atoms with Crippen LogP contribution in [-0.2, 0) is 19.6 Å². The highest BCUT2D eigenvalue weighted by Crippen LogP contribution is 2.47. The third-order valence-electron chi connectivity index (χ3n) is 7.91. The molecule has 0 aromatic heterocycles. The van der Waals surface area contributed by atoms with Gasteiger partial charge in [-0.15, -0.1) is 0 Å². The summed E-state index contributed by atoms with van der Waals surface area (Å²) in [5.41, 5.74) is 6.32. The molecule has 1 aliphatic carbocycles. The van der Waals surface area contributed by atoms with E-state index in [2.05, 4.69) is 10.0 Å². The number of rotatable bonds is 7. The summed E-state index contributed by atoms with van der Waals surface area (Å²) in [6.45, 7) is 2.15. The van der Waals surface area contributed by atoms with E-state index in [1.165, 1.54) is 30.3 Å². The number of anilines is 1. The molecule has 2 atom stereocenters. The van der Waals surface area contributed by atoms with Crippen LogP contribution in [0.5, 0.6) is 0 Å². The largest absolute Gasteiger partial charge is 0.471 e. The highest BCUT2D eigenvalue weighted by molar-refractivity contribution is 7.89. The quantitative estimate of drug-likeness (QED) is 0.376. The molecule has 1 aliphatic heterocycles. The van der Waals surface area contributed by atoms with E-state index in [1.54, 1.807) is 12.1 Å². The zero-order valence-electron chi connectivity index (χ0n) is 21.1. The summed E-state index contributed by atoms with van der Waals surface area (Å²) in [6, 6.07) is 8.39. The number of primary amides is 1. The number of hydrogen-bond acceptors (Lipinski definition) is 5. The minimum absolute atomic E-state index is 0.149. The second-order valence-electron chi connectivity index (χ2n) is 10.2. The van der Waals surface area contributed by atoms with Gasteiger partial charge in [-0.25, -0.2) is 17.5 Å². The second-order valence-corrected chi connectivity index (χ2v) is 11.9. The SMILES string of the molecule is C[C@H](c1ccc(F)cc1)C1(C(N)=O)CCC(NS(=O)(=O)c2ccc3c(c2)C(NC(=O)C(F)(F)F)CCN3)CC1. The number of nitrogens with two attached hydrogens (primary N) is 1.